The molecule has 32 heavy (non-hydrogen) atoms. The monoisotopic (exact) mass is 470 g/mol. The predicted octanol–water partition coefficient (Wildman–Crippen LogP) is 3.49. The van der Waals surface area contributed by atoms with Crippen molar-refractivity contribution in [3.05, 3.63) is 47.1 Å². The van der Waals surface area contributed by atoms with Crippen molar-refractivity contribution in [2.45, 2.75) is 31.7 Å². The van der Waals surface area contributed by atoms with Crippen molar-refractivity contribution in [1.29, 1.82) is 0 Å². The highest BCUT2D eigenvalue weighted by molar-refractivity contribution is 7.00. The standard InChI is InChI=1S/C23H27ClN6OS/c24-18-4-1-17(2-5-18)3-6-21(31)30-15-13-28(14-16-30)19-8-11-29(12-9-19)20-7-10-25-23-22(20)26-32-27-23/h1-2,4-5,7,10,19H,3,6,8-9,11-16H2. The van der Waals surface area contributed by atoms with E-state index >= 15 is 0 Å². The van der Waals surface area contributed by atoms with Gasteiger partial charge in [-0.15, -0.1) is 0 Å². The summed E-state index contributed by atoms with van der Waals surface area (Å²) < 4.78 is 8.70. The molecule has 0 saturated carbocycles. The van der Waals surface area contributed by atoms with Crippen LogP contribution >= 0.6 is 23.3 Å². The van der Waals surface area contributed by atoms with E-state index in [0.29, 0.717) is 12.5 Å². The number of hydrogen-bond acceptors (Lipinski definition) is 7. The maximum Gasteiger partial charge on any atom is 0.222 e. The highest BCUT2D eigenvalue weighted by Crippen LogP contribution is 2.28. The number of amides is 1. The van der Waals surface area contributed by atoms with E-state index in [1.165, 1.54) is 11.7 Å². The Balaban J connectivity index is 1.08. The summed E-state index contributed by atoms with van der Waals surface area (Å²) in [6.45, 7) is 5.62. The molecule has 9 heteroatoms. The van der Waals surface area contributed by atoms with E-state index in [1.807, 2.05) is 35.4 Å². The third-order valence-electron chi connectivity index (χ3n) is 6.67. The Hall–Kier alpha value is -2.29. The van der Waals surface area contributed by atoms with Gasteiger partial charge in [0, 0.05) is 63.0 Å². The molecule has 2 aliphatic rings. The number of benzene rings is 1. The van der Waals surface area contributed by atoms with Gasteiger partial charge in [0.2, 0.25) is 5.91 Å². The molecule has 5 rings (SSSR count). The smallest absolute Gasteiger partial charge is 0.222 e. The normalized spacial score (nSPS) is 18.4. The van der Waals surface area contributed by atoms with E-state index < -0.39 is 0 Å². The van der Waals surface area contributed by atoms with Crippen LogP contribution in [0.1, 0.15) is 24.8 Å². The van der Waals surface area contributed by atoms with Crippen molar-refractivity contribution >= 4 is 46.1 Å². The molecule has 2 saturated heterocycles. The van der Waals surface area contributed by atoms with Gasteiger partial charge in [0.05, 0.1) is 17.4 Å². The molecule has 0 atom stereocenters. The minimum Gasteiger partial charge on any atom is -0.369 e. The van der Waals surface area contributed by atoms with Crippen LogP contribution in [0.4, 0.5) is 5.69 Å². The van der Waals surface area contributed by atoms with E-state index in [1.54, 1.807) is 0 Å². The maximum absolute atomic E-state index is 12.7. The first kappa shape index (κ1) is 21.6. The lowest BCUT2D eigenvalue weighted by Gasteiger charge is -2.43. The zero-order chi connectivity index (χ0) is 21.9. The topological polar surface area (TPSA) is 65.5 Å². The van der Waals surface area contributed by atoms with E-state index in [4.69, 9.17) is 11.6 Å². The van der Waals surface area contributed by atoms with Crippen LogP contribution in [0.25, 0.3) is 11.2 Å². The number of carbonyl (C=O) groups is 1. The summed E-state index contributed by atoms with van der Waals surface area (Å²) in [6.07, 6.45) is 5.42. The number of aryl methyl sites for hydroxylation is 1. The second-order valence-electron chi connectivity index (χ2n) is 8.53. The number of piperazine rings is 1. The molecule has 1 amide bonds. The molecule has 168 valence electrons. The third-order valence-corrected chi connectivity index (χ3v) is 7.44. The molecule has 7 nitrogen and oxygen atoms in total. The van der Waals surface area contributed by atoms with Crippen LogP contribution in [0.2, 0.25) is 5.02 Å². The van der Waals surface area contributed by atoms with E-state index in [0.717, 1.165) is 86.0 Å². The van der Waals surface area contributed by atoms with Gasteiger partial charge in [0.1, 0.15) is 5.52 Å². The molecule has 2 aromatic heterocycles. The van der Waals surface area contributed by atoms with Gasteiger partial charge in [-0.05, 0) is 43.0 Å². The van der Waals surface area contributed by atoms with Crippen molar-refractivity contribution in [3.63, 3.8) is 0 Å². The van der Waals surface area contributed by atoms with E-state index in [9.17, 15) is 4.79 Å². The fraction of sp³-hybridized carbons (Fsp3) is 0.478. The Morgan fingerprint density at radius 3 is 2.50 bits per heavy atom. The lowest BCUT2D eigenvalue weighted by atomic mass is 10.0. The Labute approximate surface area is 197 Å². The zero-order valence-electron chi connectivity index (χ0n) is 18.0. The molecular weight excluding hydrogens is 444 g/mol. The van der Waals surface area contributed by atoms with Gasteiger partial charge in [-0.3, -0.25) is 9.69 Å². The summed E-state index contributed by atoms with van der Waals surface area (Å²) in [4.78, 5) is 24.0. The Morgan fingerprint density at radius 2 is 1.75 bits per heavy atom. The summed E-state index contributed by atoms with van der Waals surface area (Å²) >= 11 is 7.17. The molecule has 0 spiro atoms. The van der Waals surface area contributed by atoms with Crippen molar-refractivity contribution < 1.29 is 4.79 Å². The Bertz CT molecular complexity index is 1060. The minimum absolute atomic E-state index is 0.257. The van der Waals surface area contributed by atoms with Crippen LogP contribution < -0.4 is 4.90 Å². The molecular formula is C23H27ClN6OS. The lowest BCUT2D eigenvalue weighted by molar-refractivity contribution is -0.133. The first-order valence-corrected chi connectivity index (χ1v) is 12.4. The van der Waals surface area contributed by atoms with Crippen LogP contribution in [0.3, 0.4) is 0 Å². The quantitative estimate of drug-likeness (QED) is 0.568. The van der Waals surface area contributed by atoms with Crippen molar-refractivity contribution in [2.75, 3.05) is 44.2 Å². The molecule has 0 aliphatic carbocycles. The zero-order valence-corrected chi connectivity index (χ0v) is 19.6. The second-order valence-corrected chi connectivity index (χ2v) is 9.49. The molecule has 1 aromatic carbocycles. The maximum atomic E-state index is 12.7. The molecule has 3 aromatic rings. The summed E-state index contributed by atoms with van der Waals surface area (Å²) in [5.74, 6) is 0.257. The number of hydrogen-bond donors (Lipinski definition) is 0. The van der Waals surface area contributed by atoms with Gasteiger partial charge in [-0.25, -0.2) is 4.98 Å². The first-order valence-electron chi connectivity index (χ1n) is 11.3. The molecule has 0 bridgehead atoms. The van der Waals surface area contributed by atoms with Gasteiger partial charge in [0.25, 0.3) is 0 Å². The number of aromatic nitrogens is 3. The van der Waals surface area contributed by atoms with Crippen LogP contribution in [0.15, 0.2) is 36.5 Å². The average molecular weight is 471 g/mol. The lowest BCUT2D eigenvalue weighted by Crippen LogP contribution is -2.54. The molecule has 4 heterocycles. The van der Waals surface area contributed by atoms with Gasteiger partial charge < -0.3 is 9.80 Å². The molecule has 0 unspecified atom stereocenters. The SMILES string of the molecule is O=C(CCc1ccc(Cl)cc1)N1CCN(C2CCN(c3ccnc4nsnc34)CC2)CC1. The number of pyridine rings is 1. The number of fused-ring (bicyclic) bond motifs is 1. The number of rotatable bonds is 5. The summed E-state index contributed by atoms with van der Waals surface area (Å²) in [7, 11) is 0. The summed E-state index contributed by atoms with van der Waals surface area (Å²) in [5.41, 5.74) is 3.97. The summed E-state index contributed by atoms with van der Waals surface area (Å²) in [5, 5.41) is 0.733. The second kappa shape index (κ2) is 9.68. The largest absolute Gasteiger partial charge is 0.369 e. The number of halogens is 1. The van der Waals surface area contributed by atoms with Gasteiger partial charge >= 0.3 is 0 Å². The Kier molecular flexibility index (Phi) is 6.52. The van der Waals surface area contributed by atoms with Crippen molar-refractivity contribution in [3.8, 4) is 0 Å². The van der Waals surface area contributed by atoms with Crippen LogP contribution in [0, 0.1) is 0 Å². The van der Waals surface area contributed by atoms with Crippen LogP contribution in [0.5, 0.6) is 0 Å². The number of nitrogens with zero attached hydrogens (tertiary/aromatic N) is 6. The van der Waals surface area contributed by atoms with Crippen molar-refractivity contribution in [2.24, 2.45) is 0 Å². The number of piperidine rings is 1. The highest BCUT2D eigenvalue weighted by atomic mass is 35.5. The fourth-order valence-electron chi connectivity index (χ4n) is 4.81. The molecule has 0 N–H and O–H groups in total. The molecule has 0 radical (unpaired) electrons. The van der Waals surface area contributed by atoms with Gasteiger partial charge in [-0.1, -0.05) is 23.7 Å². The van der Waals surface area contributed by atoms with Crippen LogP contribution in [-0.2, 0) is 11.2 Å². The first-order chi connectivity index (χ1) is 15.7. The highest BCUT2D eigenvalue weighted by Gasteiger charge is 2.29. The molecule has 2 aliphatic heterocycles. The third kappa shape index (κ3) is 4.72. The number of anilines is 1. The van der Waals surface area contributed by atoms with E-state index in [-0.39, 0.29) is 5.91 Å². The average Bonchev–Trinajstić information content (AvgIpc) is 3.33. The van der Waals surface area contributed by atoms with Crippen molar-refractivity contribution in [1.82, 2.24) is 23.5 Å². The van der Waals surface area contributed by atoms with Gasteiger partial charge in [-0.2, -0.15) is 8.75 Å². The van der Waals surface area contributed by atoms with Gasteiger partial charge in [0.15, 0.2) is 5.65 Å². The van der Waals surface area contributed by atoms with E-state index in [2.05, 4.69) is 29.6 Å². The number of carbonyl (C=O) groups excluding carboxylic acids is 1. The summed E-state index contributed by atoms with van der Waals surface area (Å²) in [6, 6.07) is 10.4. The Morgan fingerprint density at radius 1 is 1.00 bits per heavy atom. The minimum atomic E-state index is 0.257. The fourth-order valence-corrected chi connectivity index (χ4v) is 5.45. The molecule has 2 fully saturated rings. The predicted molar refractivity (Wildman–Crippen MR) is 128 cm³/mol. The van der Waals surface area contributed by atoms with Crippen LogP contribution in [-0.4, -0.2) is 74.7 Å².